The molecule has 0 aliphatic carbocycles. The minimum atomic E-state index is -0.774. The summed E-state index contributed by atoms with van der Waals surface area (Å²) in [6, 6.07) is 5.66. The van der Waals surface area contributed by atoms with Gasteiger partial charge < -0.3 is 5.11 Å². The van der Waals surface area contributed by atoms with Crippen LogP contribution >= 0.6 is 0 Å². The van der Waals surface area contributed by atoms with E-state index in [1.165, 1.54) is 0 Å². The predicted octanol–water partition coefficient (Wildman–Crippen LogP) is 1.14. The van der Waals surface area contributed by atoms with E-state index in [0.29, 0.717) is 12.8 Å². The quantitative estimate of drug-likeness (QED) is 0.812. The van der Waals surface area contributed by atoms with Crippen molar-refractivity contribution in [1.82, 2.24) is 14.6 Å². The maximum absolute atomic E-state index is 10.3. The second-order valence-electron chi connectivity index (χ2n) is 3.29. The molecule has 78 valence electrons. The molecule has 0 aliphatic heterocycles. The molecule has 0 radical (unpaired) electrons. The zero-order valence-electron chi connectivity index (χ0n) is 8.13. The molecule has 5 heteroatoms. The third kappa shape index (κ3) is 2.12. The number of aromatic nitrogens is 3. The average Bonchev–Trinajstić information content (AvgIpc) is 2.62. The number of pyridine rings is 1. The molecule has 0 unspecified atom stereocenters. The third-order valence-corrected chi connectivity index (χ3v) is 2.18. The van der Waals surface area contributed by atoms with Crippen molar-refractivity contribution in [2.45, 2.75) is 19.3 Å². The molecule has 5 nitrogen and oxygen atoms in total. The number of carbonyl (C=O) groups is 1. The standard InChI is InChI=1S/C10H11N3O2/c14-10(15)6-3-5-9-12-11-8-4-1-2-7-13(8)9/h1-2,4,7H,3,5-6H2,(H,14,15). The van der Waals surface area contributed by atoms with Gasteiger partial charge >= 0.3 is 5.97 Å². The van der Waals surface area contributed by atoms with Crippen molar-refractivity contribution in [2.24, 2.45) is 0 Å². The van der Waals surface area contributed by atoms with E-state index < -0.39 is 5.97 Å². The van der Waals surface area contributed by atoms with Crippen LogP contribution in [0.2, 0.25) is 0 Å². The van der Waals surface area contributed by atoms with Gasteiger partial charge in [-0.2, -0.15) is 0 Å². The van der Waals surface area contributed by atoms with Gasteiger partial charge in [0.1, 0.15) is 5.82 Å². The van der Waals surface area contributed by atoms with Gasteiger partial charge in [-0.1, -0.05) is 6.07 Å². The Kier molecular flexibility index (Phi) is 2.62. The minimum absolute atomic E-state index is 0.168. The van der Waals surface area contributed by atoms with Crippen LogP contribution in [-0.2, 0) is 11.2 Å². The van der Waals surface area contributed by atoms with Crippen LogP contribution in [0.25, 0.3) is 5.65 Å². The monoisotopic (exact) mass is 205 g/mol. The van der Waals surface area contributed by atoms with E-state index in [2.05, 4.69) is 10.2 Å². The maximum atomic E-state index is 10.3. The lowest BCUT2D eigenvalue weighted by atomic mass is 10.2. The fourth-order valence-electron chi connectivity index (χ4n) is 1.46. The van der Waals surface area contributed by atoms with Crippen LogP contribution in [-0.4, -0.2) is 25.7 Å². The summed E-state index contributed by atoms with van der Waals surface area (Å²) in [5, 5.41) is 16.5. The Labute approximate surface area is 86.4 Å². The Morgan fingerprint density at radius 2 is 2.27 bits per heavy atom. The molecule has 0 bridgehead atoms. The molecule has 0 saturated heterocycles. The molecule has 0 amide bonds. The highest BCUT2D eigenvalue weighted by Crippen LogP contribution is 2.06. The third-order valence-electron chi connectivity index (χ3n) is 2.18. The number of rotatable bonds is 4. The first-order valence-corrected chi connectivity index (χ1v) is 4.78. The van der Waals surface area contributed by atoms with Gasteiger partial charge in [0.05, 0.1) is 0 Å². The first-order chi connectivity index (χ1) is 7.27. The summed E-state index contributed by atoms with van der Waals surface area (Å²) in [6.45, 7) is 0. The molecule has 0 aliphatic rings. The largest absolute Gasteiger partial charge is 0.481 e. The summed E-state index contributed by atoms with van der Waals surface area (Å²) in [7, 11) is 0. The first-order valence-electron chi connectivity index (χ1n) is 4.78. The Balaban J connectivity index is 2.11. The molecular formula is C10H11N3O2. The number of hydrogen-bond acceptors (Lipinski definition) is 3. The van der Waals surface area contributed by atoms with Gasteiger partial charge in [-0.25, -0.2) is 0 Å². The predicted molar refractivity (Wildman–Crippen MR) is 53.6 cm³/mol. The number of carboxylic acid groups (broad SMARTS) is 1. The van der Waals surface area contributed by atoms with E-state index >= 15 is 0 Å². The topological polar surface area (TPSA) is 67.5 Å². The molecule has 0 saturated carbocycles. The fourth-order valence-corrected chi connectivity index (χ4v) is 1.46. The summed E-state index contributed by atoms with van der Waals surface area (Å²) >= 11 is 0. The van der Waals surface area contributed by atoms with Gasteiger partial charge in [0.2, 0.25) is 0 Å². The number of aliphatic carboxylic acids is 1. The number of hydrogen-bond donors (Lipinski definition) is 1. The van der Waals surface area contributed by atoms with Crippen LogP contribution in [0.15, 0.2) is 24.4 Å². The lowest BCUT2D eigenvalue weighted by Crippen LogP contribution is -1.99. The Bertz CT molecular complexity index is 478. The second-order valence-corrected chi connectivity index (χ2v) is 3.29. The minimum Gasteiger partial charge on any atom is -0.481 e. The highest BCUT2D eigenvalue weighted by Gasteiger charge is 2.05. The number of aryl methyl sites for hydroxylation is 1. The molecular weight excluding hydrogens is 194 g/mol. The van der Waals surface area contributed by atoms with Crippen molar-refractivity contribution >= 4 is 11.6 Å². The Hall–Kier alpha value is -1.91. The van der Waals surface area contributed by atoms with Gasteiger partial charge in [0.15, 0.2) is 5.65 Å². The number of fused-ring (bicyclic) bond motifs is 1. The molecule has 0 fully saturated rings. The SMILES string of the molecule is O=C(O)CCCc1nnc2ccccn12. The fraction of sp³-hybridized carbons (Fsp3) is 0.300. The normalized spacial score (nSPS) is 10.7. The van der Waals surface area contributed by atoms with Crippen LogP contribution < -0.4 is 0 Å². The van der Waals surface area contributed by atoms with Gasteiger partial charge in [-0.15, -0.1) is 10.2 Å². The van der Waals surface area contributed by atoms with E-state index in [0.717, 1.165) is 11.5 Å². The van der Waals surface area contributed by atoms with Crippen molar-refractivity contribution in [1.29, 1.82) is 0 Å². The molecule has 15 heavy (non-hydrogen) atoms. The van der Waals surface area contributed by atoms with Gasteiger partial charge in [-0.05, 0) is 18.6 Å². The zero-order valence-corrected chi connectivity index (χ0v) is 8.13. The summed E-state index contributed by atoms with van der Waals surface area (Å²) in [5.74, 6) is 0.0377. The van der Waals surface area contributed by atoms with E-state index in [1.807, 2.05) is 28.8 Å². The first kappa shape index (κ1) is 9.64. The van der Waals surface area contributed by atoms with Crippen molar-refractivity contribution in [3.63, 3.8) is 0 Å². The zero-order chi connectivity index (χ0) is 10.7. The average molecular weight is 205 g/mol. The second kappa shape index (κ2) is 4.08. The summed E-state index contributed by atoms with van der Waals surface area (Å²) in [6.07, 6.45) is 3.27. The van der Waals surface area contributed by atoms with E-state index in [1.54, 1.807) is 0 Å². The van der Waals surface area contributed by atoms with E-state index in [-0.39, 0.29) is 6.42 Å². The van der Waals surface area contributed by atoms with E-state index in [9.17, 15) is 4.79 Å². The molecule has 0 aromatic carbocycles. The van der Waals surface area contributed by atoms with Gasteiger partial charge in [0.25, 0.3) is 0 Å². The molecule has 2 heterocycles. The van der Waals surface area contributed by atoms with Crippen molar-refractivity contribution < 1.29 is 9.90 Å². The number of nitrogens with zero attached hydrogens (tertiary/aromatic N) is 3. The molecule has 2 aromatic rings. The van der Waals surface area contributed by atoms with Crippen molar-refractivity contribution in [3.8, 4) is 0 Å². The van der Waals surface area contributed by atoms with Crippen molar-refractivity contribution in [3.05, 3.63) is 30.2 Å². The molecule has 2 aromatic heterocycles. The number of carboxylic acids is 1. The lowest BCUT2D eigenvalue weighted by Gasteiger charge is -1.97. The Morgan fingerprint density at radius 1 is 1.40 bits per heavy atom. The van der Waals surface area contributed by atoms with E-state index in [4.69, 9.17) is 5.11 Å². The van der Waals surface area contributed by atoms with Gasteiger partial charge in [0, 0.05) is 19.0 Å². The Morgan fingerprint density at radius 3 is 3.07 bits per heavy atom. The van der Waals surface area contributed by atoms with Crippen LogP contribution in [0.3, 0.4) is 0 Å². The summed E-state index contributed by atoms with van der Waals surface area (Å²) < 4.78 is 1.88. The van der Waals surface area contributed by atoms with Crippen LogP contribution in [0.1, 0.15) is 18.7 Å². The van der Waals surface area contributed by atoms with Crippen LogP contribution in [0.4, 0.5) is 0 Å². The molecule has 0 spiro atoms. The molecule has 2 rings (SSSR count). The molecule has 0 atom stereocenters. The van der Waals surface area contributed by atoms with Gasteiger partial charge in [-0.3, -0.25) is 9.20 Å². The molecule has 1 N–H and O–H groups in total. The smallest absolute Gasteiger partial charge is 0.303 e. The van der Waals surface area contributed by atoms with Crippen LogP contribution in [0, 0.1) is 0 Å². The highest BCUT2D eigenvalue weighted by atomic mass is 16.4. The highest BCUT2D eigenvalue weighted by molar-refractivity contribution is 5.66. The maximum Gasteiger partial charge on any atom is 0.303 e. The summed E-state index contributed by atoms with van der Waals surface area (Å²) in [5.41, 5.74) is 0.794. The van der Waals surface area contributed by atoms with Crippen LogP contribution in [0.5, 0.6) is 0 Å². The lowest BCUT2D eigenvalue weighted by molar-refractivity contribution is -0.137. The summed E-state index contributed by atoms with van der Waals surface area (Å²) in [4.78, 5) is 10.3. The van der Waals surface area contributed by atoms with Crippen molar-refractivity contribution in [2.75, 3.05) is 0 Å².